The molecular weight excluding hydrogens is 392 g/mol. The highest BCUT2D eigenvalue weighted by atomic mass is 16.5. The Kier molecular flexibility index (Phi) is 24.7. The van der Waals surface area contributed by atoms with E-state index in [4.69, 9.17) is 9.47 Å². The first-order chi connectivity index (χ1) is 14.9. The number of methoxy groups -OCH3 is 2. The summed E-state index contributed by atoms with van der Waals surface area (Å²) >= 11 is 0. The SMILES string of the molecule is C=C/C=C\C(=C)CC(NC(=O)C(C)C(OC)C1CCCN1)C(=O)OC.CC.CC.CC. The minimum absolute atomic E-state index is 0.146. The molecular formula is C25H48N2O4. The summed E-state index contributed by atoms with van der Waals surface area (Å²) in [4.78, 5) is 24.6. The van der Waals surface area contributed by atoms with Crippen molar-refractivity contribution in [2.24, 2.45) is 5.92 Å². The molecule has 1 fully saturated rings. The fourth-order valence-corrected chi connectivity index (χ4v) is 3.03. The van der Waals surface area contributed by atoms with E-state index in [0.29, 0.717) is 5.57 Å². The fourth-order valence-electron chi connectivity index (χ4n) is 3.03. The normalized spacial score (nSPS) is 17.3. The molecule has 1 aliphatic rings. The zero-order valence-corrected chi connectivity index (χ0v) is 21.4. The maximum atomic E-state index is 12.6. The molecule has 0 saturated carbocycles. The van der Waals surface area contributed by atoms with Crippen LogP contribution in [0.5, 0.6) is 0 Å². The molecule has 6 heteroatoms. The summed E-state index contributed by atoms with van der Waals surface area (Å²) in [6, 6.07) is -0.635. The Morgan fingerprint density at radius 1 is 1.16 bits per heavy atom. The van der Waals surface area contributed by atoms with Crippen LogP contribution in [-0.4, -0.2) is 50.8 Å². The van der Waals surface area contributed by atoms with Gasteiger partial charge in [-0.15, -0.1) is 0 Å². The number of carbonyl (C=O) groups excluding carboxylic acids is 2. The zero-order chi connectivity index (χ0) is 24.8. The highest BCUT2D eigenvalue weighted by Crippen LogP contribution is 2.19. The van der Waals surface area contributed by atoms with E-state index < -0.39 is 17.9 Å². The van der Waals surface area contributed by atoms with Crippen LogP contribution in [0.1, 0.15) is 67.7 Å². The fraction of sp³-hybridized carbons (Fsp3) is 0.680. The third-order valence-electron chi connectivity index (χ3n) is 4.41. The van der Waals surface area contributed by atoms with Crippen LogP contribution in [-0.2, 0) is 19.1 Å². The maximum Gasteiger partial charge on any atom is 0.328 e. The Bertz CT molecular complexity index is 512. The van der Waals surface area contributed by atoms with Gasteiger partial charge in [-0.05, 0) is 19.4 Å². The molecule has 0 bridgehead atoms. The monoisotopic (exact) mass is 440 g/mol. The minimum Gasteiger partial charge on any atom is -0.467 e. The highest BCUT2D eigenvalue weighted by Gasteiger charge is 2.34. The minimum atomic E-state index is -0.782. The second-order valence-corrected chi connectivity index (χ2v) is 6.23. The Balaban J connectivity index is -0.00000120. The average molecular weight is 441 g/mol. The number of amides is 1. The van der Waals surface area contributed by atoms with E-state index in [-0.39, 0.29) is 24.5 Å². The number of nitrogens with one attached hydrogen (secondary N) is 2. The van der Waals surface area contributed by atoms with Crippen molar-refractivity contribution in [1.29, 1.82) is 0 Å². The Morgan fingerprint density at radius 3 is 2.16 bits per heavy atom. The van der Waals surface area contributed by atoms with Crippen molar-refractivity contribution in [2.75, 3.05) is 20.8 Å². The van der Waals surface area contributed by atoms with Gasteiger partial charge < -0.3 is 20.1 Å². The molecule has 1 heterocycles. The number of ether oxygens (including phenoxy) is 2. The first-order valence-corrected chi connectivity index (χ1v) is 11.6. The lowest BCUT2D eigenvalue weighted by molar-refractivity contribution is -0.146. The number of esters is 1. The number of carbonyl (C=O) groups is 2. The summed E-state index contributed by atoms with van der Waals surface area (Å²) in [6.45, 7) is 22.2. The van der Waals surface area contributed by atoms with Gasteiger partial charge in [0, 0.05) is 19.6 Å². The summed E-state index contributed by atoms with van der Waals surface area (Å²) in [5.41, 5.74) is 0.698. The van der Waals surface area contributed by atoms with Crippen LogP contribution >= 0.6 is 0 Å². The lowest BCUT2D eigenvalue weighted by atomic mass is 9.95. The Hall–Kier alpha value is -1.92. The highest BCUT2D eigenvalue weighted by molar-refractivity contribution is 5.86. The van der Waals surface area contributed by atoms with Gasteiger partial charge in [-0.25, -0.2) is 4.79 Å². The predicted molar refractivity (Wildman–Crippen MR) is 132 cm³/mol. The van der Waals surface area contributed by atoms with Crippen molar-refractivity contribution in [1.82, 2.24) is 10.6 Å². The van der Waals surface area contributed by atoms with Crippen LogP contribution in [0.25, 0.3) is 0 Å². The molecule has 1 aliphatic heterocycles. The number of hydrogen-bond donors (Lipinski definition) is 2. The molecule has 2 N–H and O–H groups in total. The first-order valence-electron chi connectivity index (χ1n) is 11.6. The van der Waals surface area contributed by atoms with Gasteiger partial charge >= 0.3 is 5.97 Å². The molecule has 1 rings (SSSR count). The van der Waals surface area contributed by atoms with E-state index in [2.05, 4.69) is 23.8 Å². The van der Waals surface area contributed by atoms with Crippen molar-refractivity contribution in [2.45, 2.75) is 85.9 Å². The second kappa shape index (κ2) is 22.8. The van der Waals surface area contributed by atoms with E-state index in [1.165, 1.54) is 7.11 Å². The predicted octanol–water partition coefficient (Wildman–Crippen LogP) is 4.81. The van der Waals surface area contributed by atoms with Crippen molar-refractivity contribution in [3.63, 3.8) is 0 Å². The molecule has 1 amide bonds. The van der Waals surface area contributed by atoms with Gasteiger partial charge in [0.2, 0.25) is 5.91 Å². The second-order valence-electron chi connectivity index (χ2n) is 6.23. The van der Waals surface area contributed by atoms with Gasteiger partial charge in [0.15, 0.2) is 0 Å². The largest absolute Gasteiger partial charge is 0.467 e. The van der Waals surface area contributed by atoms with Gasteiger partial charge in [0.1, 0.15) is 6.04 Å². The average Bonchev–Trinajstić information content (AvgIpc) is 3.35. The molecule has 0 aliphatic carbocycles. The van der Waals surface area contributed by atoms with Crippen molar-refractivity contribution >= 4 is 11.9 Å². The van der Waals surface area contributed by atoms with Crippen LogP contribution in [0.3, 0.4) is 0 Å². The zero-order valence-electron chi connectivity index (χ0n) is 21.4. The summed E-state index contributed by atoms with van der Waals surface area (Å²) < 4.78 is 10.3. The van der Waals surface area contributed by atoms with Gasteiger partial charge in [-0.3, -0.25) is 4.79 Å². The summed E-state index contributed by atoms with van der Waals surface area (Å²) in [7, 11) is 2.90. The molecule has 4 unspecified atom stereocenters. The number of allylic oxidation sites excluding steroid dienone is 3. The quantitative estimate of drug-likeness (QED) is 0.376. The van der Waals surface area contributed by atoms with Crippen LogP contribution in [0, 0.1) is 5.92 Å². The van der Waals surface area contributed by atoms with Crippen LogP contribution in [0.4, 0.5) is 0 Å². The molecule has 4 atom stereocenters. The third kappa shape index (κ3) is 13.9. The number of hydrogen-bond acceptors (Lipinski definition) is 5. The summed E-state index contributed by atoms with van der Waals surface area (Å²) in [5, 5.41) is 6.13. The maximum absolute atomic E-state index is 12.6. The molecule has 1 saturated heterocycles. The van der Waals surface area contributed by atoms with Crippen LogP contribution < -0.4 is 10.6 Å². The number of rotatable bonds is 10. The molecule has 0 aromatic carbocycles. The molecule has 182 valence electrons. The molecule has 31 heavy (non-hydrogen) atoms. The van der Waals surface area contributed by atoms with Crippen LogP contribution in [0.15, 0.2) is 37.0 Å². The third-order valence-corrected chi connectivity index (χ3v) is 4.41. The lowest BCUT2D eigenvalue weighted by Gasteiger charge is -2.28. The lowest BCUT2D eigenvalue weighted by Crippen LogP contribution is -2.50. The van der Waals surface area contributed by atoms with E-state index >= 15 is 0 Å². The summed E-state index contributed by atoms with van der Waals surface area (Å²) in [6.07, 6.45) is 7.17. The van der Waals surface area contributed by atoms with Crippen LogP contribution in [0.2, 0.25) is 0 Å². The molecule has 0 aromatic rings. The molecule has 0 aromatic heterocycles. The van der Waals surface area contributed by atoms with Gasteiger partial charge in [0.25, 0.3) is 0 Å². The van der Waals surface area contributed by atoms with E-state index in [1.54, 1.807) is 25.3 Å². The van der Waals surface area contributed by atoms with Gasteiger partial charge in [0.05, 0.1) is 19.1 Å². The molecule has 0 spiro atoms. The molecule has 6 nitrogen and oxygen atoms in total. The van der Waals surface area contributed by atoms with Crippen molar-refractivity contribution < 1.29 is 19.1 Å². The summed E-state index contributed by atoms with van der Waals surface area (Å²) in [5.74, 6) is -1.14. The van der Waals surface area contributed by atoms with E-state index in [0.717, 1.165) is 19.4 Å². The van der Waals surface area contributed by atoms with Gasteiger partial charge in [-0.2, -0.15) is 0 Å². The Labute approximate surface area is 191 Å². The smallest absolute Gasteiger partial charge is 0.328 e. The van der Waals surface area contributed by atoms with Crippen molar-refractivity contribution in [3.8, 4) is 0 Å². The standard InChI is InChI=1S/C19H30N2O4.3C2H6/c1-6-7-9-13(2)12-16(19(23)25-5)21-18(22)14(3)17(24-4)15-10-8-11-20-15;3*1-2/h6-7,9,14-17,20H,1-2,8,10-12H2,3-5H3,(H,21,22);3*1-2H3/b9-7-;;;. The van der Waals surface area contributed by atoms with Gasteiger partial charge in [-0.1, -0.05) is 85.4 Å². The topological polar surface area (TPSA) is 76.7 Å². The van der Waals surface area contributed by atoms with Crippen molar-refractivity contribution in [3.05, 3.63) is 37.0 Å². The molecule has 0 radical (unpaired) electrons. The Morgan fingerprint density at radius 2 is 1.74 bits per heavy atom. The van der Waals surface area contributed by atoms with E-state index in [9.17, 15) is 9.59 Å². The van der Waals surface area contributed by atoms with E-state index in [1.807, 2.05) is 48.5 Å². The first kappa shape index (κ1) is 33.7.